The van der Waals surface area contributed by atoms with Crippen LogP contribution in [0.5, 0.6) is 0 Å². The number of allylic oxidation sites excluding steroid dienone is 4. The van der Waals surface area contributed by atoms with Crippen LogP contribution in [-0.2, 0) is 5.41 Å². The van der Waals surface area contributed by atoms with Gasteiger partial charge >= 0.3 is 0 Å². The first-order chi connectivity index (χ1) is 11.7. The summed E-state index contributed by atoms with van der Waals surface area (Å²) in [4.78, 5) is 0. The lowest BCUT2D eigenvalue weighted by atomic mass is 9.79. The third kappa shape index (κ3) is 1.74. The molecule has 0 aliphatic heterocycles. The number of para-hydroxylation sites is 1. The summed E-state index contributed by atoms with van der Waals surface area (Å²) in [6.45, 7) is 4.69. The average molecular weight is 312 g/mol. The van der Waals surface area contributed by atoms with Crippen molar-refractivity contribution in [3.63, 3.8) is 0 Å². The Kier molecular flexibility index (Phi) is 2.70. The highest BCUT2D eigenvalue weighted by molar-refractivity contribution is 5.94. The number of hydrogen-bond acceptors (Lipinski definition) is 1. The zero-order chi connectivity index (χ0) is 16.3. The monoisotopic (exact) mass is 312 g/mol. The Hall–Kier alpha value is -2.61. The second-order valence-electron chi connectivity index (χ2n) is 7.34. The van der Waals surface area contributed by atoms with E-state index in [-0.39, 0.29) is 5.41 Å². The molecule has 24 heavy (non-hydrogen) atoms. The molecular formula is C22H20N2. The third-order valence-electron chi connectivity index (χ3n) is 5.61. The van der Waals surface area contributed by atoms with Crippen molar-refractivity contribution in [2.24, 2.45) is 0 Å². The van der Waals surface area contributed by atoms with Crippen molar-refractivity contribution in [1.82, 2.24) is 10.2 Å². The highest BCUT2D eigenvalue weighted by Crippen LogP contribution is 2.50. The number of fused-ring (bicyclic) bond motifs is 3. The average Bonchev–Trinajstić information content (AvgIpc) is 3.13. The molecule has 3 aromatic rings. The van der Waals surface area contributed by atoms with Crippen LogP contribution in [-0.4, -0.2) is 10.2 Å². The summed E-state index contributed by atoms with van der Waals surface area (Å²) in [5.74, 6) is 0. The maximum absolute atomic E-state index is 4.58. The first-order valence-electron chi connectivity index (χ1n) is 8.65. The van der Waals surface area contributed by atoms with Crippen LogP contribution in [0.2, 0.25) is 0 Å². The van der Waals surface area contributed by atoms with Crippen LogP contribution in [0.15, 0.2) is 60.2 Å². The molecule has 0 spiro atoms. The van der Waals surface area contributed by atoms with Crippen LogP contribution < -0.4 is 0 Å². The fourth-order valence-electron chi connectivity index (χ4n) is 4.33. The van der Waals surface area contributed by atoms with E-state index in [2.05, 4.69) is 72.6 Å². The van der Waals surface area contributed by atoms with Gasteiger partial charge in [-0.15, -0.1) is 0 Å². The van der Waals surface area contributed by atoms with Crippen molar-refractivity contribution in [3.8, 4) is 11.3 Å². The molecule has 2 aliphatic rings. The van der Waals surface area contributed by atoms with Crippen LogP contribution in [0.1, 0.15) is 37.8 Å². The number of hydrogen-bond donors (Lipinski definition) is 1. The maximum Gasteiger partial charge on any atom is 0.0999 e. The quantitative estimate of drug-likeness (QED) is 0.620. The number of nitrogens with zero attached hydrogens (tertiary/aromatic N) is 1. The summed E-state index contributed by atoms with van der Waals surface area (Å²) in [7, 11) is 0. The molecule has 2 heteroatoms. The molecule has 0 saturated heterocycles. The van der Waals surface area contributed by atoms with Crippen LogP contribution >= 0.6 is 0 Å². The van der Waals surface area contributed by atoms with E-state index in [9.17, 15) is 0 Å². The Morgan fingerprint density at radius 2 is 1.96 bits per heavy atom. The second kappa shape index (κ2) is 4.70. The lowest BCUT2D eigenvalue weighted by Crippen LogP contribution is -2.16. The summed E-state index contributed by atoms with van der Waals surface area (Å²) >= 11 is 0. The molecule has 0 unspecified atom stereocenters. The highest BCUT2D eigenvalue weighted by atomic mass is 15.1. The van der Waals surface area contributed by atoms with Crippen molar-refractivity contribution < 1.29 is 0 Å². The Morgan fingerprint density at radius 1 is 1.08 bits per heavy atom. The van der Waals surface area contributed by atoms with E-state index < -0.39 is 0 Å². The zero-order valence-electron chi connectivity index (χ0n) is 14.1. The first-order valence-corrected chi connectivity index (χ1v) is 8.65. The van der Waals surface area contributed by atoms with Gasteiger partial charge in [0, 0.05) is 16.4 Å². The summed E-state index contributed by atoms with van der Waals surface area (Å²) in [5.41, 5.74) is 9.31. The van der Waals surface area contributed by atoms with Gasteiger partial charge in [-0.25, -0.2) is 0 Å². The van der Waals surface area contributed by atoms with Crippen LogP contribution in [0.3, 0.4) is 0 Å². The SMILES string of the molecule is CC1(C)C2=C(CCC=C2)c2ccc(-c3n[nH]c4ccccc34)cc21. The fraction of sp³-hybridized carbons (Fsp3) is 0.227. The van der Waals surface area contributed by atoms with Gasteiger partial charge in [0.25, 0.3) is 0 Å². The van der Waals surface area contributed by atoms with E-state index in [0.29, 0.717) is 0 Å². The van der Waals surface area contributed by atoms with Gasteiger partial charge in [-0.1, -0.05) is 56.3 Å². The summed E-state index contributed by atoms with van der Waals surface area (Å²) < 4.78 is 0. The van der Waals surface area contributed by atoms with E-state index >= 15 is 0 Å². The van der Waals surface area contributed by atoms with E-state index in [1.165, 1.54) is 33.2 Å². The Bertz CT molecular complexity index is 1030. The number of rotatable bonds is 1. The van der Waals surface area contributed by atoms with Gasteiger partial charge in [0.2, 0.25) is 0 Å². The van der Waals surface area contributed by atoms with Gasteiger partial charge in [0.05, 0.1) is 11.2 Å². The predicted molar refractivity (Wildman–Crippen MR) is 99.8 cm³/mol. The molecule has 0 atom stereocenters. The minimum atomic E-state index is 0.0731. The molecule has 2 nitrogen and oxygen atoms in total. The number of nitrogens with one attached hydrogen (secondary N) is 1. The van der Waals surface area contributed by atoms with Crippen molar-refractivity contribution in [1.29, 1.82) is 0 Å². The van der Waals surface area contributed by atoms with E-state index in [0.717, 1.165) is 24.1 Å². The van der Waals surface area contributed by atoms with Crippen molar-refractivity contribution >= 4 is 16.5 Å². The van der Waals surface area contributed by atoms with E-state index in [1.807, 2.05) is 6.07 Å². The standard InChI is InChI=1S/C22H20N2/c1-22(2)18-9-5-3-7-15(18)16-12-11-14(13-19(16)22)21-17-8-4-6-10-20(17)23-24-21/h4-6,8-13H,3,7H2,1-2H3,(H,23,24). The van der Waals surface area contributed by atoms with Gasteiger partial charge in [-0.2, -0.15) is 5.10 Å². The molecule has 2 aromatic carbocycles. The number of H-pyrrole nitrogens is 1. The molecule has 1 heterocycles. The van der Waals surface area contributed by atoms with Gasteiger partial charge in [-0.05, 0) is 47.2 Å². The summed E-state index contributed by atoms with van der Waals surface area (Å²) in [6.07, 6.45) is 6.96. The lowest BCUT2D eigenvalue weighted by molar-refractivity contribution is 0.651. The smallest absolute Gasteiger partial charge is 0.0999 e. The van der Waals surface area contributed by atoms with Crippen molar-refractivity contribution in [2.45, 2.75) is 32.1 Å². The van der Waals surface area contributed by atoms with Gasteiger partial charge in [0.1, 0.15) is 0 Å². The predicted octanol–water partition coefficient (Wildman–Crippen LogP) is 5.62. The molecule has 0 saturated carbocycles. The minimum absolute atomic E-state index is 0.0731. The minimum Gasteiger partial charge on any atom is -0.277 e. The second-order valence-corrected chi connectivity index (χ2v) is 7.34. The lowest BCUT2D eigenvalue weighted by Gasteiger charge is -2.24. The fourth-order valence-corrected chi connectivity index (χ4v) is 4.33. The van der Waals surface area contributed by atoms with Gasteiger partial charge in [0.15, 0.2) is 0 Å². The molecule has 0 fully saturated rings. The third-order valence-corrected chi connectivity index (χ3v) is 5.61. The maximum atomic E-state index is 4.58. The molecule has 1 aromatic heterocycles. The molecule has 1 N–H and O–H groups in total. The normalized spacial score (nSPS) is 18.1. The van der Waals surface area contributed by atoms with Crippen molar-refractivity contribution in [2.75, 3.05) is 0 Å². The Morgan fingerprint density at radius 3 is 2.88 bits per heavy atom. The molecule has 2 aliphatic carbocycles. The van der Waals surface area contributed by atoms with Crippen molar-refractivity contribution in [3.05, 3.63) is 71.3 Å². The zero-order valence-corrected chi connectivity index (χ0v) is 14.1. The molecule has 0 radical (unpaired) electrons. The van der Waals surface area contributed by atoms with Gasteiger partial charge in [-0.3, -0.25) is 5.10 Å². The number of benzene rings is 2. The summed E-state index contributed by atoms with van der Waals surface area (Å²) in [6, 6.07) is 15.2. The molecule has 0 bridgehead atoms. The molecule has 118 valence electrons. The van der Waals surface area contributed by atoms with Crippen LogP contribution in [0, 0.1) is 0 Å². The van der Waals surface area contributed by atoms with Gasteiger partial charge < -0.3 is 0 Å². The Labute approximate surface area is 141 Å². The molecule has 0 amide bonds. The van der Waals surface area contributed by atoms with E-state index in [1.54, 1.807) is 0 Å². The number of aromatic nitrogens is 2. The number of aromatic amines is 1. The molecular weight excluding hydrogens is 292 g/mol. The van der Waals surface area contributed by atoms with Crippen LogP contribution in [0.4, 0.5) is 0 Å². The summed E-state index contributed by atoms with van der Waals surface area (Å²) in [5, 5.41) is 8.92. The molecule has 5 rings (SSSR count). The first kappa shape index (κ1) is 13.8. The topological polar surface area (TPSA) is 28.7 Å². The van der Waals surface area contributed by atoms with Crippen LogP contribution in [0.25, 0.3) is 27.7 Å². The largest absolute Gasteiger partial charge is 0.277 e. The Balaban J connectivity index is 1.71. The van der Waals surface area contributed by atoms with E-state index in [4.69, 9.17) is 0 Å². The highest BCUT2D eigenvalue weighted by Gasteiger charge is 2.37.